The summed E-state index contributed by atoms with van der Waals surface area (Å²) in [5.41, 5.74) is 0. The van der Waals surface area contributed by atoms with Crippen molar-refractivity contribution in [3.63, 3.8) is 0 Å². The van der Waals surface area contributed by atoms with Gasteiger partial charge in [-0.3, -0.25) is 0 Å². The Bertz CT molecular complexity index is 168. The van der Waals surface area contributed by atoms with Gasteiger partial charge in [-0.1, -0.05) is 0 Å². The first-order valence-electron chi connectivity index (χ1n) is 6.21. The third kappa shape index (κ3) is 5.04. The second-order valence-electron chi connectivity index (χ2n) is 4.57. The Balaban J connectivity index is 2.30. The minimum absolute atomic E-state index is 0.277. The Kier molecular flexibility index (Phi) is 7.45. The van der Waals surface area contributed by atoms with E-state index >= 15 is 0 Å². The molecule has 96 valence electrons. The minimum atomic E-state index is 0.277. The molecule has 0 spiro atoms. The molecule has 4 heteroatoms. The average Bonchev–Trinajstić information content (AvgIpc) is 2.31. The molecule has 0 radical (unpaired) electrons. The molecule has 3 nitrogen and oxygen atoms in total. The lowest BCUT2D eigenvalue weighted by Crippen LogP contribution is -2.44. The van der Waals surface area contributed by atoms with Crippen LogP contribution < -0.4 is 5.32 Å². The topological polar surface area (TPSA) is 41.5 Å². The molecule has 1 aliphatic rings. The molecule has 0 saturated carbocycles. The number of aliphatic hydroxyl groups excluding tert-OH is 1. The smallest absolute Gasteiger partial charge is 0.0469 e. The molecule has 0 bridgehead atoms. The quantitative estimate of drug-likeness (QED) is 0.715. The first-order chi connectivity index (χ1) is 7.77. The molecule has 0 amide bonds. The van der Waals surface area contributed by atoms with Gasteiger partial charge in [-0.05, 0) is 38.4 Å². The molecule has 1 heterocycles. The zero-order valence-corrected chi connectivity index (χ0v) is 11.3. The summed E-state index contributed by atoms with van der Waals surface area (Å²) in [6, 6.07) is 0.977. The zero-order chi connectivity index (χ0) is 11.8. The number of aliphatic hydroxyl groups is 1. The van der Waals surface area contributed by atoms with Crippen LogP contribution in [-0.4, -0.2) is 49.0 Å². The fourth-order valence-corrected chi connectivity index (χ4v) is 2.96. The molecule has 2 atom stereocenters. The summed E-state index contributed by atoms with van der Waals surface area (Å²) >= 11 is 1.84. The summed E-state index contributed by atoms with van der Waals surface area (Å²) in [6.07, 6.45) is 5.30. The van der Waals surface area contributed by atoms with Gasteiger partial charge in [0.15, 0.2) is 0 Å². The Labute approximate surface area is 103 Å². The standard InChI is InChI=1S/C12H25NO2S/c1-10(11-4-7-15-8-5-11)13-12(3-6-14)9-16-2/h10-14H,3-9H2,1-2H3. The number of hydrogen-bond donors (Lipinski definition) is 2. The van der Waals surface area contributed by atoms with Crippen molar-refractivity contribution in [2.45, 2.75) is 38.3 Å². The Hall–Kier alpha value is 0.230. The lowest BCUT2D eigenvalue weighted by atomic mass is 9.92. The van der Waals surface area contributed by atoms with Gasteiger partial charge in [-0.15, -0.1) is 0 Å². The first kappa shape index (κ1) is 14.3. The highest BCUT2D eigenvalue weighted by molar-refractivity contribution is 7.98. The van der Waals surface area contributed by atoms with Crippen molar-refractivity contribution in [2.24, 2.45) is 5.92 Å². The Morgan fingerprint density at radius 3 is 2.69 bits per heavy atom. The van der Waals surface area contributed by atoms with Gasteiger partial charge in [-0.2, -0.15) is 11.8 Å². The number of hydrogen-bond acceptors (Lipinski definition) is 4. The second-order valence-corrected chi connectivity index (χ2v) is 5.48. The maximum atomic E-state index is 9.02. The van der Waals surface area contributed by atoms with E-state index in [4.69, 9.17) is 9.84 Å². The van der Waals surface area contributed by atoms with Crippen molar-refractivity contribution in [1.29, 1.82) is 0 Å². The summed E-state index contributed by atoms with van der Waals surface area (Å²) in [4.78, 5) is 0. The van der Waals surface area contributed by atoms with E-state index in [9.17, 15) is 0 Å². The summed E-state index contributed by atoms with van der Waals surface area (Å²) in [5, 5.41) is 12.7. The van der Waals surface area contributed by atoms with Crippen molar-refractivity contribution < 1.29 is 9.84 Å². The minimum Gasteiger partial charge on any atom is -0.396 e. The van der Waals surface area contributed by atoms with Crippen molar-refractivity contribution in [2.75, 3.05) is 31.8 Å². The molecule has 0 aromatic carbocycles. The summed E-state index contributed by atoms with van der Waals surface area (Å²) in [5.74, 6) is 1.81. The fraction of sp³-hybridized carbons (Fsp3) is 1.00. The molecule has 0 aliphatic carbocycles. The van der Waals surface area contributed by atoms with Gasteiger partial charge < -0.3 is 15.2 Å². The summed E-state index contributed by atoms with van der Waals surface area (Å²) in [7, 11) is 0. The number of ether oxygens (including phenoxy) is 1. The molecule has 1 aliphatic heterocycles. The molecular formula is C12H25NO2S. The van der Waals surface area contributed by atoms with E-state index in [1.165, 1.54) is 12.8 Å². The molecule has 1 fully saturated rings. The van der Waals surface area contributed by atoms with Crippen LogP contribution in [0.15, 0.2) is 0 Å². The monoisotopic (exact) mass is 247 g/mol. The summed E-state index contributed by atoms with van der Waals surface area (Å²) < 4.78 is 5.38. The molecule has 2 unspecified atom stereocenters. The Morgan fingerprint density at radius 2 is 2.12 bits per heavy atom. The highest BCUT2D eigenvalue weighted by atomic mass is 32.2. The third-order valence-electron chi connectivity index (χ3n) is 3.32. The summed E-state index contributed by atoms with van der Waals surface area (Å²) in [6.45, 7) is 4.35. The van der Waals surface area contributed by atoms with Crippen molar-refractivity contribution in [1.82, 2.24) is 5.32 Å². The van der Waals surface area contributed by atoms with Crippen molar-refractivity contribution >= 4 is 11.8 Å². The van der Waals surface area contributed by atoms with E-state index in [1.807, 2.05) is 11.8 Å². The fourth-order valence-electron chi connectivity index (χ4n) is 2.30. The maximum Gasteiger partial charge on any atom is 0.0469 e. The van der Waals surface area contributed by atoms with Crippen LogP contribution in [0.2, 0.25) is 0 Å². The van der Waals surface area contributed by atoms with Crippen LogP contribution in [0.1, 0.15) is 26.2 Å². The van der Waals surface area contributed by atoms with Gasteiger partial charge >= 0.3 is 0 Å². The highest BCUT2D eigenvalue weighted by Crippen LogP contribution is 2.19. The van der Waals surface area contributed by atoms with E-state index in [0.717, 1.165) is 31.3 Å². The predicted octanol–water partition coefficient (Wildman–Crippen LogP) is 1.51. The molecule has 1 saturated heterocycles. The third-order valence-corrected chi connectivity index (χ3v) is 4.05. The number of thioether (sulfide) groups is 1. The molecule has 1 rings (SSSR count). The van der Waals surface area contributed by atoms with E-state index in [0.29, 0.717) is 12.1 Å². The van der Waals surface area contributed by atoms with Gasteiger partial charge in [0.1, 0.15) is 0 Å². The van der Waals surface area contributed by atoms with E-state index < -0.39 is 0 Å². The lowest BCUT2D eigenvalue weighted by molar-refractivity contribution is 0.0543. The van der Waals surface area contributed by atoms with Crippen LogP contribution >= 0.6 is 11.8 Å². The highest BCUT2D eigenvalue weighted by Gasteiger charge is 2.22. The van der Waals surface area contributed by atoms with E-state index in [-0.39, 0.29) is 6.61 Å². The molecule has 16 heavy (non-hydrogen) atoms. The van der Waals surface area contributed by atoms with Gasteiger partial charge in [-0.25, -0.2) is 0 Å². The van der Waals surface area contributed by atoms with Crippen LogP contribution in [0, 0.1) is 5.92 Å². The van der Waals surface area contributed by atoms with Crippen molar-refractivity contribution in [3.05, 3.63) is 0 Å². The van der Waals surface area contributed by atoms with Gasteiger partial charge in [0.2, 0.25) is 0 Å². The van der Waals surface area contributed by atoms with E-state index in [2.05, 4.69) is 18.5 Å². The number of nitrogens with one attached hydrogen (secondary N) is 1. The predicted molar refractivity (Wildman–Crippen MR) is 70.0 cm³/mol. The lowest BCUT2D eigenvalue weighted by Gasteiger charge is -2.31. The van der Waals surface area contributed by atoms with Crippen LogP contribution in [0.3, 0.4) is 0 Å². The normalized spacial score (nSPS) is 21.9. The van der Waals surface area contributed by atoms with E-state index in [1.54, 1.807) is 0 Å². The van der Waals surface area contributed by atoms with Crippen LogP contribution in [0.4, 0.5) is 0 Å². The molecule has 0 aromatic rings. The van der Waals surface area contributed by atoms with Crippen molar-refractivity contribution in [3.8, 4) is 0 Å². The molecular weight excluding hydrogens is 222 g/mol. The Morgan fingerprint density at radius 1 is 1.44 bits per heavy atom. The average molecular weight is 247 g/mol. The van der Waals surface area contributed by atoms with Gasteiger partial charge in [0, 0.05) is 37.7 Å². The zero-order valence-electron chi connectivity index (χ0n) is 10.4. The molecule has 2 N–H and O–H groups in total. The molecule has 0 aromatic heterocycles. The largest absolute Gasteiger partial charge is 0.396 e. The second kappa shape index (κ2) is 8.34. The maximum absolute atomic E-state index is 9.02. The van der Waals surface area contributed by atoms with Gasteiger partial charge in [0.25, 0.3) is 0 Å². The van der Waals surface area contributed by atoms with Crippen LogP contribution in [0.5, 0.6) is 0 Å². The van der Waals surface area contributed by atoms with Crippen LogP contribution in [-0.2, 0) is 4.74 Å². The van der Waals surface area contributed by atoms with Gasteiger partial charge in [0.05, 0.1) is 0 Å². The van der Waals surface area contributed by atoms with Crippen LogP contribution in [0.25, 0.3) is 0 Å². The first-order valence-corrected chi connectivity index (χ1v) is 7.61. The SMILES string of the molecule is CSCC(CCO)NC(C)C1CCOCC1. The number of rotatable bonds is 7.